The van der Waals surface area contributed by atoms with Gasteiger partial charge in [-0.2, -0.15) is 0 Å². The minimum Gasteiger partial charge on any atom is -0.504 e. The van der Waals surface area contributed by atoms with Crippen molar-refractivity contribution >= 4 is 5.82 Å². The molecule has 0 bridgehead atoms. The number of ether oxygens (including phenoxy) is 1. The van der Waals surface area contributed by atoms with Crippen molar-refractivity contribution in [2.24, 2.45) is 0 Å². The number of hydrogen-bond donors (Lipinski definition) is 1. The van der Waals surface area contributed by atoms with Crippen LogP contribution in [-0.4, -0.2) is 29.2 Å². The van der Waals surface area contributed by atoms with Crippen molar-refractivity contribution in [3.05, 3.63) is 41.3 Å². The Morgan fingerprint density at radius 1 is 1.24 bits per heavy atom. The van der Waals surface area contributed by atoms with Crippen LogP contribution in [0.3, 0.4) is 0 Å². The number of nitrogens with zero attached hydrogens (tertiary/aromatic N) is 3. The molecule has 0 amide bonds. The van der Waals surface area contributed by atoms with Crippen LogP contribution in [0.1, 0.15) is 24.0 Å². The lowest BCUT2D eigenvalue weighted by Crippen LogP contribution is -2.18. The van der Waals surface area contributed by atoms with Gasteiger partial charge in [0.05, 0.1) is 7.11 Å². The number of phenolic OH excluding ortho intramolecular Hbond substituents is 1. The van der Waals surface area contributed by atoms with Crippen LogP contribution in [0, 0.1) is 6.92 Å². The Labute approximate surface area is 125 Å². The zero-order chi connectivity index (χ0) is 15.4. The average molecular weight is 287 g/mol. The van der Waals surface area contributed by atoms with Crippen molar-refractivity contribution in [3.63, 3.8) is 0 Å². The molecule has 0 radical (unpaired) electrons. The van der Waals surface area contributed by atoms with E-state index in [0.29, 0.717) is 12.3 Å². The molecule has 0 aliphatic heterocycles. The van der Waals surface area contributed by atoms with E-state index in [1.807, 2.05) is 31.0 Å². The van der Waals surface area contributed by atoms with Crippen molar-refractivity contribution in [1.29, 1.82) is 0 Å². The van der Waals surface area contributed by atoms with Crippen molar-refractivity contribution < 1.29 is 9.84 Å². The van der Waals surface area contributed by atoms with E-state index in [0.717, 1.165) is 29.3 Å². The monoisotopic (exact) mass is 287 g/mol. The summed E-state index contributed by atoms with van der Waals surface area (Å²) in [6, 6.07) is 7.41. The minimum absolute atomic E-state index is 0.150. The van der Waals surface area contributed by atoms with Crippen molar-refractivity contribution in [2.45, 2.75) is 26.8 Å². The van der Waals surface area contributed by atoms with Gasteiger partial charge in [0.2, 0.25) is 0 Å². The van der Waals surface area contributed by atoms with Gasteiger partial charge in [0.1, 0.15) is 11.6 Å². The van der Waals surface area contributed by atoms with Crippen LogP contribution >= 0.6 is 0 Å². The number of methoxy groups -OCH3 is 1. The summed E-state index contributed by atoms with van der Waals surface area (Å²) >= 11 is 0. The van der Waals surface area contributed by atoms with Gasteiger partial charge in [0.25, 0.3) is 0 Å². The first-order valence-electron chi connectivity index (χ1n) is 6.95. The zero-order valence-corrected chi connectivity index (χ0v) is 12.9. The predicted molar refractivity (Wildman–Crippen MR) is 82.9 cm³/mol. The van der Waals surface area contributed by atoms with Crippen LogP contribution < -0.4 is 9.64 Å². The van der Waals surface area contributed by atoms with E-state index in [-0.39, 0.29) is 5.75 Å². The Hall–Kier alpha value is -2.30. The maximum absolute atomic E-state index is 9.83. The maximum Gasteiger partial charge on any atom is 0.160 e. The summed E-state index contributed by atoms with van der Waals surface area (Å²) in [7, 11) is 3.51. The molecule has 2 rings (SSSR count). The standard InChI is InChI=1S/C16H21N3O2/c1-5-13-9-16(18-11(2)17-13)19(3)10-12-6-7-15(21-4)14(20)8-12/h6-9,20H,5,10H2,1-4H3. The number of rotatable bonds is 5. The van der Waals surface area contributed by atoms with Crippen molar-refractivity contribution in [2.75, 3.05) is 19.1 Å². The third-order valence-electron chi connectivity index (χ3n) is 3.29. The Morgan fingerprint density at radius 2 is 2.00 bits per heavy atom. The topological polar surface area (TPSA) is 58.5 Å². The lowest BCUT2D eigenvalue weighted by Gasteiger charge is -2.19. The van der Waals surface area contributed by atoms with Gasteiger partial charge in [-0.05, 0) is 31.0 Å². The van der Waals surface area contributed by atoms with Gasteiger partial charge in [0, 0.05) is 25.4 Å². The normalized spacial score (nSPS) is 10.5. The Balaban J connectivity index is 2.19. The number of benzene rings is 1. The Kier molecular flexibility index (Phi) is 4.62. The summed E-state index contributed by atoms with van der Waals surface area (Å²) in [5.41, 5.74) is 2.02. The van der Waals surface area contributed by atoms with E-state index in [4.69, 9.17) is 4.74 Å². The van der Waals surface area contributed by atoms with E-state index in [1.165, 1.54) is 7.11 Å². The highest BCUT2D eigenvalue weighted by Crippen LogP contribution is 2.27. The fraction of sp³-hybridized carbons (Fsp3) is 0.375. The molecule has 1 heterocycles. The van der Waals surface area contributed by atoms with Gasteiger partial charge in [-0.1, -0.05) is 13.0 Å². The first-order chi connectivity index (χ1) is 10.0. The molecule has 0 atom stereocenters. The number of aromatic nitrogens is 2. The molecule has 112 valence electrons. The van der Waals surface area contributed by atoms with E-state index >= 15 is 0 Å². The zero-order valence-electron chi connectivity index (χ0n) is 12.9. The summed E-state index contributed by atoms with van der Waals surface area (Å²) in [4.78, 5) is 10.9. The van der Waals surface area contributed by atoms with Crippen LogP contribution in [0.25, 0.3) is 0 Å². The average Bonchev–Trinajstić information content (AvgIpc) is 2.46. The third-order valence-corrected chi connectivity index (χ3v) is 3.29. The Bertz CT molecular complexity index is 629. The number of hydrogen-bond acceptors (Lipinski definition) is 5. The van der Waals surface area contributed by atoms with Gasteiger partial charge in [-0.25, -0.2) is 9.97 Å². The van der Waals surface area contributed by atoms with Crippen LogP contribution in [0.5, 0.6) is 11.5 Å². The second kappa shape index (κ2) is 6.43. The molecule has 1 aromatic heterocycles. The minimum atomic E-state index is 0.150. The Morgan fingerprint density at radius 3 is 2.62 bits per heavy atom. The fourth-order valence-corrected chi connectivity index (χ4v) is 2.18. The van der Waals surface area contributed by atoms with E-state index in [2.05, 4.69) is 16.9 Å². The van der Waals surface area contributed by atoms with Gasteiger partial charge >= 0.3 is 0 Å². The van der Waals surface area contributed by atoms with Crippen LogP contribution in [-0.2, 0) is 13.0 Å². The maximum atomic E-state index is 9.83. The first-order valence-corrected chi connectivity index (χ1v) is 6.95. The summed E-state index contributed by atoms with van der Waals surface area (Å²) in [5.74, 6) is 2.28. The molecule has 0 fully saturated rings. The third kappa shape index (κ3) is 3.62. The van der Waals surface area contributed by atoms with E-state index in [1.54, 1.807) is 12.1 Å². The number of aryl methyl sites for hydroxylation is 2. The van der Waals surface area contributed by atoms with Gasteiger partial charge < -0.3 is 14.7 Å². The molecule has 21 heavy (non-hydrogen) atoms. The quantitative estimate of drug-likeness (QED) is 0.916. The predicted octanol–water partition coefficient (Wildman–Crippen LogP) is 2.70. The molecular weight excluding hydrogens is 266 g/mol. The molecule has 0 aliphatic rings. The highest BCUT2D eigenvalue weighted by Gasteiger charge is 2.09. The van der Waals surface area contributed by atoms with E-state index < -0.39 is 0 Å². The number of aromatic hydroxyl groups is 1. The molecule has 0 unspecified atom stereocenters. The summed E-state index contributed by atoms with van der Waals surface area (Å²) < 4.78 is 5.05. The smallest absolute Gasteiger partial charge is 0.160 e. The number of anilines is 1. The molecule has 5 heteroatoms. The molecule has 0 saturated carbocycles. The lowest BCUT2D eigenvalue weighted by molar-refractivity contribution is 0.373. The van der Waals surface area contributed by atoms with Crippen LogP contribution in [0.4, 0.5) is 5.82 Å². The lowest BCUT2D eigenvalue weighted by atomic mass is 10.2. The number of phenols is 1. The van der Waals surface area contributed by atoms with Gasteiger partial charge in [0.15, 0.2) is 11.5 Å². The highest BCUT2D eigenvalue weighted by atomic mass is 16.5. The van der Waals surface area contributed by atoms with Crippen molar-refractivity contribution in [1.82, 2.24) is 9.97 Å². The molecule has 0 spiro atoms. The summed E-state index contributed by atoms with van der Waals surface area (Å²) in [6.07, 6.45) is 0.882. The molecule has 5 nitrogen and oxygen atoms in total. The highest BCUT2D eigenvalue weighted by molar-refractivity contribution is 5.45. The molecule has 1 aromatic carbocycles. The van der Waals surface area contributed by atoms with Gasteiger partial charge in [-0.3, -0.25) is 0 Å². The van der Waals surface area contributed by atoms with Gasteiger partial charge in [-0.15, -0.1) is 0 Å². The second-order valence-electron chi connectivity index (χ2n) is 4.98. The molecular formula is C16H21N3O2. The molecule has 2 aromatic rings. The molecule has 0 aliphatic carbocycles. The summed E-state index contributed by atoms with van der Waals surface area (Å²) in [6.45, 7) is 4.62. The largest absolute Gasteiger partial charge is 0.504 e. The molecule has 0 saturated heterocycles. The van der Waals surface area contributed by atoms with Crippen molar-refractivity contribution in [3.8, 4) is 11.5 Å². The van der Waals surface area contributed by atoms with Crippen LogP contribution in [0.15, 0.2) is 24.3 Å². The second-order valence-corrected chi connectivity index (χ2v) is 4.98. The summed E-state index contributed by atoms with van der Waals surface area (Å²) in [5, 5.41) is 9.83. The molecule has 1 N–H and O–H groups in total. The first kappa shape index (κ1) is 15.1. The van der Waals surface area contributed by atoms with E-state index in [9.17, 15) is 5.11 Å². The van der Waals surface area contributed by atoms with Crippen LogP contribution in [0.2, 0.25) is 0 Å². The fourth-order valence-electron chi connectivity index (χ4n) is 2.18. The SMILES string of the molecule is CCc1cc(N(C)Cc2ccc(OC)c(O)c2)nc(C)n1.